The van der Waals surface area contributed by atoms with Gasteiger partial charge in [0.1, 0.15) is 22.9 Å². The molecule has 0 unspecified atom stereocenters. The second-order valence-electron chi connectivity index (χ2n) is 10.5. The Hall–Kier alpha value is -2.79. The van der Waals surface area contributed by atoms with Gasteiger partial charge in [0.25, 0.3) is 10.9 Å². The molecule has 0 aliphatic carbocycles. The van der Waals surface area contributed by atoms with Crippen LogP contribution in [0.1, 0.15) is 37.4 Å². The molecular formula is C27H30Cl2FN7O2. The summed E-state index contributed by atoms with van der Waals surface area (Å²) in [4.78, 5) is 40.2. The first-order valence-electron chi connectivity index (χ1n) is 13.4. The summed E-state index contributed by atoms with van der Waals surface area (Å²) in [5.41, 5.74) is 0.691. The molecule has 0 saturated carbocycles. The van der Waals surface area contributed by atoms with Crippen LogP contribution in [0.2, 0.25) is 10.2 Å². The molecule has 12 heteroatoms. The van der Waals surface area contributed by atoms with Crippen molar-refractivity contribution in [3.63, 3.8) is 0 Å². The fraction of sp³-hybridized carbons (Fsp3) is 0.481. The lowest BCUT2D eigenvalue weighted by atomic mass is 9.98. The van der Waals surface area contributed by atoms with Crippen LogP contribution in [0.4, 0.5) is 27.4 Å². The van der Waals surface area contributed by atoms with Crippen LogP contribution < -0.4 is 26.4 Å². The smallest absolute Gasteiger partial charge is 0.253 e. The van der Waals surface area contributed by atoms with Gasteiger partial charge in [0, 0.05) is 48.8 Å². The SMILES string of the molecule is CC[C@H]1CN(c2nc3c(nc2Cl)CNc2c(c(=O)c2=O)N3)CCN1C1CCN(Cc2ccc(Cl)cc2F)CC1. The molecule has 2 saturated heterocycles. The number of halogens is 3. The number of rotatable bonds is 5. The highest BCUT2D eigenvalue weighted by atomic mass is 35.5. The molecule has 0 amide bonds. The van der Waals surface area contributed by atoms with Crippen molar-refractivity contribution in [1.29, 1.82) is 0 Å². The Balaban J connectivity index is 1.11. The number of benzene rings is 1. The van der Waals surface area contributed by atoms with Crippen molar-refractivity contribution >= 4 is 46.2 Å². The third-order valence-electron chi connectivity index (χ3n) is 8.23. The van der Waals surface area contributed by atoms with Gasteiger partial charge in [0.15, 0.2) is 16.8 Å². The average Bonchev–Trinajstić information content (AvgIpc) is 3.11. The van der Waals surface area contributed by atoms with Gasteiger partial charge >= 0.3 is 0 Å². The molecule has 4 heterocycles. The minimum Gasteiger partial charge on any atom is -0.374 e. The molecule has 3 aromatic rings. The summed E-state index contributed by atoms with van der Waals surface area (Å²) in [6, 6.07) is 5.70. The molecule has 2 aromatic carbocycles. The fourth-order valence-corrected chi connectivity index (χ4v) is 6.46. The standard InChI is InChI=1S/C27H30Cl2FN7O2/c1-2-17-14-36(27-25(29)32-20-12-31-21-22(24(39)23(21)38)33-26(20)34-27)9-10-37(17)18-5-7-35(8-6-18)13-15-3-4-16(28)11-19(15)30/h3-4,11,17-18,31H,2,5-10,12-14H2,1H3,(H,33,34)/t17-/m0/s1. The Morgan fingerprint density at radius 2 is 1.82 bits per heavy atom. The number of likely N-dealkylation sites (tertiary alicyclic amines) is 1. The zero-order chi connectivity index (χ0) is 27.3. The van der Waals surface area contributed by atoms with Crippen LogP contribution in [-0.2, 0) is 13.1 Å². The molecule has 206 valence electrons. The molecule has 6 rings (SSSR count). The number of hydrogen-bond donors (Lipinski definition) is 2. The van der Waals surface area contributed by atoms with E-state index in [0.29, 0.717) is 51.7 Å². The van der Waals surface area contributed by atoms with Gasteiger partial charge in [0.2, 0.25) is 0 Å². The average molecular weight is 574 g/mol. The second-order valence-corrected chi connectivity index (χ2v) is 11.3. The largest absolute Gasteiger partial charge is 0.374 e. The number of hydrogen-bond acceptors (Lipinski definition) is 9. The molecule has 1 atom stereocenters. The predicted molar refractivity (Wildman–Crippen MR) is 152 cm³/mol. The Bertz CT molecular complexity index is 1470. The lowest BCUT2D eigenvalue weighted by molar-refractivity contribution is 0.0607. The van der Waals surface area contributed by atoms with Gasteiger partial charge in [-0.05, 0) is 44.5 Å². The number of aromatic nitrogens is 2. The minimum atomic E-state index is -0.548. The van der Waals surface area contributed by atoms with Crippen LogP contribution in [0.15, 0.2) is 27.8 Å². The van der Waals surface area contributed by atoms with E-state index in [1.807, 2.05) is 0 Å². The number of nitrogens with zero attached hydrogens (tertiary/aromatic N) is 5. The summed E-state index contributed by atoms with van der Waals surface area (Å²) >= 11 is 12.5. The highest BCUT2D eigenvalue weighted by molar-refractivity contribution is 6.31. The number of nitrogens with one attached hydrogen (secondary N) is 2. The summed E-state index contributed by atoms with van der Waals surface area (Å²) in [7, 11) is 0. The number of piperazine rings is 1. The maximum atomic E-state index is 14.3. The van der Waals surface area contributed by atoms with Crippen LogP contribution in [0, 0.1) is 5.82 Å². The molecule has 3 aliphatic rings. The molecular weight excluding hydrogens is 544 g/mol. The van der Waals surface area contributed by atoms with Crippen molar-refractivity contribution < 1.29 is 4.39 Å². The van der Waals surface area contributed by atoms with Gasteiger partial charge in [-0.3, -0.25) is 19.4 Å². The summed E-state index contributed by atoms with van der Waals surface area (Å²) in [6.07, 6.45) is 3.05. The normalized spacial score (nSPS) is 20.7. The maximum absolute atomic E-state index is 14.3. The van der Waals surface area contributed by atoms with Crippen molar-refractivity contribution in [1.82, 2.24) is 19.8 Å². The van der Waals surface area contributed by atoms with Crippen LogP contribution in [0.3, 0.4) is 0 Å². The lowest BCUT2D eigenvalue weighted by Gasteiger charge is -2.47. The molecule has 9 nitrogen and oxygen atoms in total. The van der Waals surface area contributed by atoms with E-state index in [4.69, 9.17) is 28.2 Å². The molecule has 3 aliphatic heterocycles. The highest BCUT2D eigenvalue weighted by Crippen LogP contribution is 2.33. The molecule has 39 heavy (non-hydrogen) atoms. The maximum Gasteiger partial charge on any atom is 0.253 e. The molecule has 0 radical (unpaired) electrons. The third-order valence-corrected chi connectivity index (χ3v) is 8.72. The molecule has 2 fully saturated rings. The van der Waals surface area contributed by atoms with E-state index in [2.05, 4.69) is 37.2 Å². The van der Waals surface area contributed by atoms with Gasteiger partial charge < -0.3 is 15.5 Å². The summed E-state index contributed by atoms with van der Waals surface area (Å²) in [6.45, 7) is 7.30. The van der Waals surface area contributed by atoms with Gasteiger partial charge in [-0.25, -0.2) is 14.4 Å². The first-order valence-corrected chi connectivity index (χ1v) is 14.2. The third kappa shape index (κ3) is 4.99. The highest BCUT2D eigenvalue weighted by Gasteiger charge is 2.35. The van der Waals surface area contributed by atoms with Crippen molar-refractivity contribution in [2.45, 2.75) is 51.4 Å². The number of fused-ring (bicyclic) bond motifs is 2. The summed E-state index contributed by atoms with van der Waals surface area (Å²) in [5, 5.41) is 6.69. The molecule has 1 aromatic heterocycles. The Labute approximate surface area is 235 Å². The van der Waals surface area contributed by atoms with Crippen LogP contribution >= 0.6 is 23.2 Å². The van der Waals surface area contributed by atoms with Crippen molar-refractivity contribution in [3.8, 4) is 0 Å². The molecule has 0 bridgehead atoms. The van der Waals surface area contributed by atoms with E-state index >= 15 is 0 Å². The zero-order valence-corrected chi connectivity index (χ0v) is 23.2. The Morgan fingerprint density at radius 1 is 1.05 bits per heavy atom. The van der Waals surface area contributed by atoms with E-state index in [0.717, 1.165) is 52.0 Å². The second kappa shape index (κ2) is 10.6. The van der Waals surface area contributed by atoms with Crippen LogP contribution in [0.25, 0.3) is 0 Å². The Kier molecular flexibility index (Phi) is 7.22. The van der Waals surface area contributed by atoms with Crippen molar-refractivity contribution in [2.24, 2.45) is 0 Å². The summed E-state index contributed by atoms with van der Waals surface area (Å²) < 4.78 is 14.3. The topological polar surface area (TPSA) is 93.7 Å². The number of piperidine rings is 1. The van der Waals surface area contributed by atoms with Crippen molar-refractivity contribution in [2.75, 3.05) is 48.3 Å². The van der Waals surface area contributed by atoms with E-state index in [1.165, 1.54) is 6.07 Å². The van der Waals surface area contributed by atoms with Gasteiger partial charge in [0.05, 0.1) is 6.54 Å². The molecule has 0 spiro atoms. The molecule has 2 N–H and O–H groups in total. The van der Waals surface area contributed by atoms with E-state index in [1.54, 1.807) is 12.1 Å². The van der Waals surface area contributed by atoms with E-state index in [-0.39, 0.29) is 23.7 Å². The van der Waals surface area contributed by atoms with Crippen LogP contribution in [-0.4, -0.2) is 64.6 Å². The van der Waals surface area contributed by atoms with E-state index < -0.39 is 10.9 Å². The fourth-order valence-electron chi connectivity index (χ4n) is 6.04. The lowest BCUT2D eigenvalue weighted by Crippen LogP contribution is -2.58. The first-order chi connectivity index (χ1) is 18.8. The van der Waals surface area contributed by atoms with Gasteiger partial charge in [-0.2, -0.15) is 0 Å². The van der Waals surface area contributed by atoms with Crippen molar-refractivity contribution in [3.05, 3.63) is 65.9 Å². The Morgan fingerprint density at radius 3 is 2.56 bits per heavy atom. The van der Waals surface area contributed by atoms with Gasteiger partial charge in [-0.1, -0.05) is 36.2 Å². The number of anilines is 4. The van der Waals surface area contributed by atoms with Crippen LogP contribution in [0.5, 0.6) is 0 Å². The van der Waals surface area contributed by atoms with E-state index in [9.17, 15) is 14.0 Å². The minimum absolute atomic E-state index is 0.239. The predicted octanol–water partition coefficient (Wildman–Crippen LogP) is 3.75. The first kappa shape index (κ1) is 26.4. The monoisotopic (exact) mass is 573 g/mol. The quantitative estimate of drug-likeness (QED) is 0.442. The summed E-state index contributed by atoms with van der Waals surface area (Å²) in [5.74, 6) is 0.790. The van der Waals surface area contributed by atoms with Gasteiger partial charge in [-0.15, -0.1) is 0 Å². The zero-order valence-electron chi connectivity index (χ0n) is 21.6.